The standard InChI is InChI=1S/C11H15F2N3OS/c12-10(13)7-17-3-1-8(14)5-9-6-16-2-4-18-11(16)15-9/h2,4,6,8,10H,1,3,5,7,14H2. The van der Waals surface area contributed by atoms with Gasteiger partial charge in [0, 0.05) is 36.8 Å². The lowest BCUT2D eigenvalue weighted by atomic mass is 10.1. The van der Waals surface area contributed by atoms with Crippen molar-refractivity contribution >= 4 is 16.3 Å². The van der Waals surface area contributed by atoms with Crippen molar-refractivity contribution in [2.45, 2.75) is 25.3 Å². The van der Waals surface area contributed by atoms with Crippen LogP contribution in [-0.4, -0.2) is 35.1 Å². The number of rotatable bonds is 7. The summed E-state index contributed by atoms with van der Waals surface area (Å²) < 4.78 is 30.4. The SMILES string of the molecule is NC(CCOCC(F)F)Cc1cn2ccsc2n1. The molecule has 0 bridgehead atoms. The molecule has 2 heterocycles. The van der Waals surface area contributed by atoms with E-state index in [2.05, 4.69) is 4.98 Å². The molecule has 0 aliphatic carbocycles. The molecule has 0 saturated heterocycles. The number of ether oxygens (including phenoxy) is 1. The summed E-state index contributed by atoms with van der Waals surface area (Å²) >= 11 is 1.56. The molecule has 0 amide bonds. The largest absolute Gasteiger partial charge is 0.375 e. The summed E-state index contributed by atoms with van der Waals surface area (Å²) in [7, 11) is 0. The number of fused-ring (bicyclic) bond motifs is 1. The van der Waals surface area contributed by atoms with Crippen LogP contribution in [0.5, 0.6) is 0 Å². The van der Waals surface area contributed by atoms with Crippen LogP contribution in [-0.2, 0) is 11.2 Å². The number of halogens is 2. The zero-order valence-electron chi connectivity index (χ0n) is 9.76. The van der Waals surface area contributed by atoms with Crippen molar-refractivity contribution in [1.29, 1.82) is 0 Å². The second kappa shape index (κ2) is 6.21. The Morgan fingerprint density at radius 1 is 1.50 bits per heavy atom. The summed E-state index contributed by atoms with van der Waals surface area (Å²) in [5, 5.41) is 1.96. The summed E-state index contributed by atoms with van der Waals surface area (Å²) in [6, 6.07) is -0.118. The Kier molecular flexibility index (Phi) is 4.62. The van der Waals surface area contributed by atoms with E-state index >= 15 is 0 Å². The minimum Gasteiger partial charge on any atom is -0.375 e. The zero-order valence-corrected chi connectivity index (χ0v) is 10.6. The van der Waals surface area contributed by atoms with Gasteiger partial charge in [-0.25, -0.2) is 13.8 Å². The predicted octanol–water partition coefficient (Wildman–Crippen LogP) is 1.94. The molecule has 0 radical (unpaired) electrons. The third-order valence-electron chi connectivity index (χ3n) is 2.49. The number of nitrogens with two attached hydrogens (primary N) is 1. The Labute approximate surface area is 107 Å². The fourth-order valence-electron chi connectivity index (χ4n) is 1.65. The second-order valence-corrected chi connectivity index (χ2v) is 4.92. The summed E-state index contributed by atoms with van der Waals surface area (Å²) in [4.78, 5) is 5.35. The summed E-state index contributed by atoms with van der Waals surface area (Å²) in [5.41, 5.74) is 6.82. The van der Waals surface area contributed by atoms with Crippen molar-refractivity contribution in [1.82, 2.24) is 9.38 Å². The quantitative estimate of drug-likeness (QED) is 0.786. The lowest BCUT2D eigenvalue weighted by Gasteiger charge is -2.09. The highest BCUT2D eigenvalue weighted by molar-refractivity contribution is 7.15. The van der Waals surface area contributed by atoms with Gasteiger partial charge in [0.05, 0.1) is 5.69 Å². The summed E-state index contributed by atoms with van der Waals surface area (Å²) in [6.07, 6.45) is 2.64. The first-order valence-corrected chi connectivity index (χ1v) is 6.55. The van der Waals surface area contributed by atoms with E-state index in [9.17, 15) is 8.78 Å². The van der Waals surface area contributed by atoms with Gasteiger partial charge in [-0.3, -0.25) is 4.40 Å². The normalized spacial score (nSPS) is 13.6. The molecule has 4 nitrogen and oxygen atoms in total. The Balaban J connectivity index is 1.73. The molecule has 0 aromatic carbocycles. The molecule has 2 aromatic rings. The van der Waals surface area contributed by atoms with Gasteiger partial charge >= 0.3 is 0 Å². The van der Waals surface area contributed by atoms with Crippen LogP contribution in [0.4, 0.5) is 8.78 Å². The third-order valence-corrected chi connectivity index (χ3v) is 3.26. The maximum Gasteiger partial charge on any atom is 0.261 e. The fourth-order valence-corrected chi connectivity index (χ4v) is 2.37. The minimum atomic E-state index is -2.42. The molecule has 2 N–H and O–H groups in total. The van der Waals surface area contributed by atoms with E-state index in [0.29, 0.717) is 12.8 Å². The lowest BCUT2D eigenvalue weighted by molar-refractivity contribution is 0.0152. The number of imidazole rings is 1. The number of hydrogen-bond donors (Lipinski definition) is 1. The highest BCUT2D eigenvalue weighted by Gasteiger charge is 2.09. The molecule has 0 aliphatic heterocycles. The maximum absolute atomic E-state index is 11.8. The van der Waals surface area contributed by atoms with Crippen molar-refractivity contribution in [3.05, 3.63) is 23.5 Å². The number of hydrogen-bond acceptors (Lipinski definition) is 4. The Bertz CT molecular complexity index is 457. The van der Waals surface area contributed by atoms with Crippen LogP contribution in [0.25, 0.3) is 4.96 Å². The van der Waals surface area contributed by atoms with Crippen LogP contribution in [0.3, 0.4) is 0 Å². The van der Waals surface area contributed by atoms with Gasteiger partial charge in [0.15, 0.2) is 4.96 Å². The van der Waals surface area contributed by atoms with Crippen LogP contribution in [0, 0.1) is 0 Å². The first-order chi connectivity index (χ1) is 8.65. The molecule has 1 unspecified atom stereocenters. The van der Waals surface area contributed by atoms with Crippen molar-refractivity contribution in [3.8, 4) is 0 Å². The van der Waals surface area contributed by atoms with E-state index in [-0.39, 0.29) is 12.6 Å². The van der Waals surface area contributed by atoms with Crippen LogP contribution in [0.2, 0.25) is 0 Å². The van der Waals surface area contributed by atoms with Crippen molar-refractivity contribution in [2.75, 3.05) is 13.2 Å². The Morgan fingerprint density at radius 3 is 3.06 bits per heavy atom. The first-order valence-electron chi connectivity index (χ1n) is 5.67. The lowest BCUT2D eigenvalue weighted by Crippen LogP contribution is -2.25. The van der Waals surface area contributed by atoms with Gasteiger partial charge in [0.2, 0.25) is 0 Å². The van der Waals surface area contributed by atoms with Gasteiger partial charge in [0.25, 0.3) is 6.43 Å². The van der Waals surface area contributed by atoms with Gasteiger partial charge < -0.3 is 10.5 Å². The van der Waals surface area contributed by atoms with Gasteiger partial charge in [-0.1, -0.05) is 0 Å². The van der Waals surface area contributed by atoms with Crippen LogP contribution < -0.4 is 5.73 Å². The van der Waals surface area contributed by atoms with E-state index in [4.69, 9.17) is 10.5 Å². The minimum absolute atomic E-state index is 0.118. The monoisotopic (exact) mass is 275 g/mol. The third kappa shape index (κ3) is 3.72. The zero-order chi connectivity index (χ0) is 13.0. The highest BCUT2D eigenvalue weighted by atomic mass is 32.1. The van der Waals surface area contributed by atoms with Crippen LogP contribution in [0.15, 0.2) is 17.8 Å². The molecule has 100 valence electrons. The molecule has 0 spiro atoms. The molecule has 2 rings (SSSR count). The molecule has 0 fully saturated rings. The Morgan fingerprint density at radius 2 is 2.33 bits per heavy atom. The van der Waals surface area contributed by atoms with Crippen molar-refractivity contribution in [2.24, 2.45) is 5.73 Å². The Hall–Kier alpha value is -1.05. The van der Waals surface area contributed by atoms with E-state index in [1.54, 1.807) is 11.3 Å². The first kappa shape index (κ1) is 13.4. The molecular formula is C11H15F2N3OS. The summed E-state index contributed by atoms with van der Waals surface area (Å²) in [5.74, 6) is 0. The van der Waals surface area contributed by atoms with Crippen molar-refractivity contribution in [3.63, 3.8) is 0 Å². The van der Waals surface area contributed by atoms with E-state index < -0.39 is 13.0 Å². The molecule has 1 atom stereocenters. The van der Waals surface area contributed by atoms with E-state index in [1.165, 1.54) is 0 Å². The van der Waals surface area contributed by atoms with Gasteiger partial charge in [0.1, 0.15) is 6.61 Å². The van der Waals surface area contributed by atoms with Gasteiger partial charge in [-0.05, 0) is 6.42 Å². The fraction of sp³-hybridized carbons (Fsp3) is 0.545. The molecule has 18 heavy (non-hydrogen) atoms. The summed E-state index contributed by atoms with van der Waals surface area (Å²) in [6.45, 7) is -0.263. The number of thiazole rings is 1. The smallest absolute Gasteiger partial charge is 0.261 e. The second-order valence-electron chi connectivity index (χ2n) is 4.04. The number of aromatic nitrogens is 2. The van der Waals surface area contributed by atoms with Crippen LogP contribution in [0.1, 0.15) is 12.1 Å². The highest BCUT2D eigenvalue weighted by Crippen LogP contribution is 2.12. The van der Waals surface area contributed by atoms with Gasteiger partial charge in [-0.15, -0.1) is 11.3 Å². The number of alkyl halides is 2. The number of nitrogens with zero attached hydrogens (tertiary/aromatic N) is 2. The molecular weight excluding hydrogens is 260 g/mol. The average Bonchev–Trinajstić information content (AvgIpc) is 2.84. The topological polar surface area (TPSA) is 52.5 Å². The molecule has 2 aromatic heterocycles. The average molecular weight is 275 g/mol. The van der Waals surface area contributed by atoms with E-state index in [1.807, 2.05) is 22.2 Å². The maximum atomic E-state index is 11.8. The molecule has 0 saturated carbocycles. The predicted molar refractivity (Wildman–Crippen MR) is 66.2 cm³/mol. The molecule has 0 aliphatic rings. The van der Waals surface area contributed by atoms with Gasteiger partial charge in [-0.2, -0.15) is 0 Å². The van der Waals surface area contributed by atoms with E-state index in [0.717, 1.165) is 10.7 Å². The van der Waals surface area contributed by atoms with Crippen LogP contribution >= 0.6 is 11.3 Å². The molecule has 7 heteroatoms. The van der Waals surface area contributed by atoms with Crippen molar-refractivity contribution < 1.29 is 13.5 Å².